The zero-order chi connectivity index (χ0) is 20.3. The van der Waals surface area contributed by atoms with E-state index in [0.29, 0.717) is 41.8 Å². The Morgan fingerprint density at radius 1 is 1.11 bits per heavy atom. The fraction of sp³-hybridized carbons (Fsp3) is 0.350. The molecular formula is C20H23ClN2O4S. The molecule has 28 heavy (non-hydrogen) atoms. The maximum absolute atomic E-state index is 12.5. The van der Waals surface area contributed by atoms with Crippen molar-refractivity contribution in [3.05, 3.63) is 52.5 Å². The lowest BCUT2D eigenvalue weighted by Crippen LogP contribution is -2.50. The molecule has 1 saturated heterocycles. The molecule has 0 saturated carbocycles. The molecule has 0 aliphatic carbocycles. The van der Waals surface area contributed by atoms with Gasteiger partial charge in [0.15, 0.2) is 17.7 Å². The maximum Gasteiger partial charge on any atom is 0.260 e. The second-order valence-corrected chi connectivity index (χ2v) is 8.12. The standard InChI is InChI=1S/C20H23ClN2O4S/c1-14-11-17(12-15(2)20(14)21)27-13-19(24)23-9-7-22(8-10-23)16-3-5-18(6-4-16)28(25)26/h3-6,11-12H,7-10,13H2,1-2H3,(H,25,26). The number of carbonyl (C=O) groups is 1. The van der Waals surface area contributed by atoms with Crippen molar-refractivity contribution in [2.45, 2.75) is 18.7 Å². The van der Waals surface area contributed by atoms with Gasteiger partial charge in [0.2, 0.25) is 0 Å². The van der Waals surface area contributed by atoms with Crippen LogP contribution < -0.4 is 9.64 Å². The van der Waals surface area contributed by atoms with E-state index < -0.39 is 11.1 Å². The zero-order valence-electron chi connectivity index (χ0n) is 15.9. The first kappa shape index (κ1) is 20.6. The van der Waals surface area contributed by atoms with Crippen molar-refractivity contribution < 1.29 is 18.3 Å². The zero-order valence-corrected chi connectivity index (χ0v) is 17.4. The average Bonchev–Trinajstić information content (AvgIpc) is 2.70. The van der Waals surface area contributed by atoms with Crippen molar-refractivity contribution in [1.29, 1.82) is 0 Å². The van der Waals surface area contributed by atoms with Crippen LogP contribution in [0.4, 0.5) is 5.69 Å². The normalized spacial score (nSPS) is 15.4. The third-order valence-electron chi connectivity index (χ3n) is 4.81. The number of piperazine rings is 1. The van der Waals surface area contributed by atoms with Crippen molar-refractivity contribution in [2.75, 3.05) is 37.7 Å². The summed E-state index contributed by atoms with van der Waals surface area (Å²) in [5, 5.41) is 0.716. The van der Waals surface area contributed by atoms with Crippen LogP contribution >= 0.6 is 11.6 Å². The van der Waals surface area contributed by atoms with Crippen molar-refractivity contribution in [2.24, 2.45) is 0 Å². The summed E-state index contributed by atoms with van der Waals surface area (Å²) in [6, 6.07) is 10.6. The second kappa shape index (κ2) is 8.94. The number of aryl methyl sites for hydroxylation is 2. The Bertz CT molecular complexity index is 857. The predicted octanol–water partition coefficient (Wildman–Crippen LogP) is 3.27. The SMILES string of the molecule is Cc1cc(OCC(=O)N2CCN(c3ccc(S(=O)O)cc3)CC2)cc(C)c1Cl. The van der Waals surface area contributed by atoms with E-state index in [4.69, 9.17) is 20.9 Å². The van der Waals surface area contributed by atoms with Gasteiger partial charge in [-0.25, -0.2) is 4.21 Å². The lowest BCUT2D eigenvalue weighted by Gasteiger charge is -2.36. The summed E-state index contributed by atoms with van der Waals surface area (Å²) in [6.45, 7) is 6.43. The molecular weight excluding hydrogens is 400 g/mol. The van der Waals surface area contributed by atoms with Crippen molar-refractivity contribution in [3.8, 4) is 5.75 Å². The molecule has 0 aromatic heterocycles. The molecule has 0 bridgehead atoms. The summed E-state index contributed by atoms with van der Waals surface area (Å²) in [4.78, 5) is 16.8. The Kier molecular flexibility index (Phi) is 6.59. The van der Waals surface area contributed by atoms with E-state index in [1.807, 2.05) is 38.1 Å². The second-order valence-electron chi connectivity index (χ2n) is 6.77. The Morgan fingerprint density at radius 2 is 1.68 bits per heavy atom. The van der Waals surface area contributed by atoms with Crippen LogP contribution in [0.1, 0.15) is 11.1 Å². The molecule has 1 unspecified atom stereocenters. The van der Waals surface area contributed by atoms with Gasteiger partial charge in [0.05, 0.1) is 4.90 Å². The van der Waals surface area contributed by atoms with Crippen LogP contribution in [0.15, 0.2) is 41.3 Å². The molecule has 1 heterocycles. The number of hydrogen-bond acceptors (Lipinski definition) is 4. The molecule has 6 nitrogen and oxygen atoms in total. The summed E-state index contributed by atoms with van der Waals surface area (Å²) in [6.07, 6.45) is 0. The van der Waals surface area contributed by atoms with E-state index in [0.717, 1.165) is 16.8 Å². The van der Waals surface area contributed by atoms with Crippen molar-refractivity contribution >= 4 is 34.3 Å². The van der Waals surface area contributed by atoms with Crippen LogP contribution in [0.25, 0.3) is 0 Å². The highest BCUT2D eigenvalue weighted by Crippen LogP contribution is 2.26. The minimum Gasteiger partial charge on any atom is -0.484 e. The van der Waals surface area contributed by atoms with E-state index in [-0.39, 0.29) is 12.5 Å². The molecule has 1 amide bonds. The summed E-state index contributed by atoms with van der Waals surface area (Å²) in [5.74, 6) is 0.601. The monoisotopic (exact) mass is 422 g/mol. The minimum absolute atomic E-state index is 0.00246. The molecule has 2 aromatic rings. The highest BCUT2D eigenvalue weighted by molar-refractivity contribution is 7.79. The quantitative estimate of drug-likeness (QED) is 0.749. The Morgan fingerprint density at radius 3 is 2.21 bits per heavy atom. The van der Waals surface area contributed by atoms with Crippen molar-refractivity contribution in [3.63, 3.8) is 0 Å². The molecule has 8 heteroatoms. The molecule has 1 N–H and O–H groups in total. The number of ether oxygens (including phenoxy) is 1. The number of halogens is 1. The van der Waals surface area contributed by atoms with Crippen molar-refractivity contribution in [1.82, 2.24) is 4.90 Å². The van der Waals surface area contributed by atoms with Crippen LogP contribution in [0.3, 0.4) is 0 Å². The van der Waals surface area contributed by atoms with Crippen LogP contribution in [-0.2, 0) is 15.9 Å². The van der Waals surface area contributed by atoms with Crippen LogP contribution in [0, 0.1) is 13.8 Å². The number of nitrogens with zero attached hydrogens (tertiary/aromatic N) is 2. The molecule has 1 fully saturated rings. The summed E-state index contributed by atoms with van der Waals surface area (Å²) in [5.41, 5.74) is 2.83. The summed E-state index contributed by atoms with van der Waals surface area (Å²) >= 11 is 4.19. The smallest absolute Gasteiger partial charge is 0.260 e. The number of amides is 1. The first-order chi connectivity index (χ1) is 13.3. The Balaban J connectivity index is 1.51. The van der Waals surface area contributed by atoms with Gasteiger partial charge in [-0.05, 0) is 61.4 Å². The van der Waals surface area contributed by atoms with Crippen LogP contribution in [-0.4, -0.2) is 52.4 Å². The molecule has 0 spiro atoms. The minimum atomic E-state index is -1.97. The fourth-order valence-corrected chi connectivity index (χ4v) is 3.69. The van der Waals surface area contributed by atoms with E-state index >= 15 is 0 Å². The van der Waals surface area contributed by atoms with Gasteiger partial charge in [-0.3, -0.25) is 4.79 Å². The predicted molar refractivity (Wildman–Crippen MR) is 111 cm³/mol. The third-order valence-corrected chi connectivity index (χ3v) is 6.08. The molecule has 0 radical (unpaired) electrons. The van der Waals surface area contributed by atoms with Gasteiger partial charge in [-0.1, -0.05) is 11.6 Å². The summed E-state index contributed by atoms with van der Waals surface area (Å²) < 4.78 is 25.8. The van der Waals surface area contributed by atoms with E-state index in [1.54, 1.807) is 17.0 Å². The summed E-state index contributed by atoms with van der Waals surface area (Å²) in [7, 11) is 0. The molecule has 1 aliphatic rings. The number of rotatable bonds is 5. The first-order valence-corrected chi connectivity index (χ1v) is 10.5. The highest BCUT2D eigenvalue weighted by Gasteiger charge is 2.22. The van der Waals surface area contributed by atoms with Crippen LogP contribution in [0.5, 0.6) is 5.75 Å². The third kappa shape index (κ3) is 4.84. The number of anilines is 1. The van der Waals surface area contributed by atoms with E-state index in [2.05, 4.69) is 4.90 Å². The molecule has 1 atom stereocenters. The van der Waals surface area contributed by atoms with Gasteiger partial charge < -0.3 is 19.1 Å². The Labute approximate surface area is 172 Å². The molecule has 150 valence electrons. The molecule has 3 rings (SSSR count). The van der Waals surface area contributed by atoms with Gasteiger partial charge in [-0.15, -0.1) is 0 Å². The number of hydrogen-bond donors (Lipinski definition) is 1. The number of carbonyl (C=O) groups excluding carboxylic acids is 1. The lowest BCUT2D eigenvalue weighted by atomic mass is 10.1. The van der Waals surface area contributed by atoms with Gasteiger partial charge in [0.1, 0.15) is 5.75 Å². The fourth-order valence-electron chi connectivity index (χ4n) is 3.21. The van der Waals surface area contributed by atoms with Gasteiger partial charge in [0.25, 0.3) is 5.91 Å². The van der Waals surface area contributed by atoms with Gasteiger partial charge in [0, 0.05) is 36.9 Å². The topological polar surface area (TPSA) is 70.1 Å². The largest absolute Gasteiger partial charge is 0.484 e. The van der Waals surface area contributed by atoms with Gasteiger partial charge in [-0.2, -0.15) is 0 Å². The lowest BCUT2D eigenvalue weighted by molar-refractivity contribution is -0.133. The molecule has 2 aromatic carbocycles. The Hall–Kier alpha value is -2.09. The number of benzene rings is 2. The van der Waals surface area contributed by atoms with Crippen LogP contribution in [0.2, 0.25) is 5.02 Å². The van der Waals surface area contributed by atoms with Gasteiger partial charge >= 0.3 is 0 Å². The maximum atomic E-state index is 12.5. The average molecular weight is 423 g/mol. The van der Waals surface area contributed by atoms with E-state index in [1.165, 1.54) is 0 Å². The first-order valence-electron chi connectivity index (χ1n) is 8.98. The molecule has 1 aliphatic heterocycles. The van der Waals surface area contributed by atoms with E-state index in [9.17, 15) is 9.00 Å². The highest BCUT2D eigenvalue weighted by atomic mass is 35.5.